The van der Waals surface area contributed by atoms with Crippen LogP contribution in [0.25, 0.3) is 0 Å². The van der Waals surface area contributed by atoms with E-state index in [1.807, 2.05) is 53.4 Å². The van der Waals surface area contributed by atoms with Crippen LogP contribution < -0.4 is 14.8 Å². The number of ether oxygens (including phenoxy) is 2. The number of piperidine rings is 1. The summed E-state index contributed by atoms with van der Waals surface area (Å²) in [6, 6.07) is 15.4. The second kappa shape index (κ2) is 10.2. The summed E-state index contributed by atoms with van der Waals surface area (Å²) < 4.78 is 12.3. The molecule has 2 heterocycles. The van der Waals surface area contributed by atoms with Gasteiger partial charge in [0.05, 0.1) is 25.7 Å². The lowest BCUT2D eigenvalue weighted by Gasteiger charge is -2.33. The third-order valence-corrected chi connectivity index (χ3v) is 6.37. The summed E-state index contributed by atoms with van der Waals surface area (Å²) in [4.78, 5) is 27.2. The fraction of sp³-hybridized carbons (Fsp3) is 0.417. The van der Waals surface area contributed by atoms with Crippen molar-refractivity contribution >= 4 is 27.7 Å². The van der Waals surface area contributed by atoms with Crippen LogP contribution in [0.3, 0.4) is 0 Å². The monoisotopic (exact) mass is 486 g/mol. The van der Waals surface area contributed by atoms with Crippen molar-refractivity contribution in [3.8, 4) is 11.5 Å². The van der Waals surface area contributed by atoms with Crippen molar-refractivity contribution < 1.29 is 19.1 Å². The number of nitrogens with one attached hydrogen (secondary N) is 1. The molecule has 31 heavy (non-hydrogen) atoms. The van der Waals surface area contributed by atoms with Gasteiger partial charge in [-0.25, -0.2) is 0 Å². The van der Waals surface area contributed by atoms with Crippen molar-refractivity contribution in [2.24, 2.45) is 5.92 Å². The first kappa shape index (κ1) is 21.7. The predicted molar refractivity (Wildman–Crippen MR) is 121 cm³/mol. The number of hydrogen-bond acceptors (Lipinski definition) is 4. The molecule has 1 N–H and O–H groups in total. The summed E-state index contributed by atoms with van der Waals surface area (Å²) in [5.41, 5.74) is 1.01. The standard InChI is InChI=1S/C24H27BrN2O4/c25-18-6-7-22-20(16-18)21(10-14-31-22)26-24(29)17-8-12-27(13-9-17)23(28)11-15-30-19-4-2-1-3-5-19/h1-7,16-17,21H,8-15H2,(H,26,29). The molecule has 6 nitrogen and oxygen atoms in total. The van der Waals surface area contributed by atoms with Crippen molar-refractivity contribution in [1.82, 2.24) is 10.2 Å². The van der Waals surface area contributed by atoms with Crippen LogP contribution >= 0.6 is 15.9 Å². The Bertz CT molecular complexity index is 913. The van der Waals surface area contributed by atoms with E-state index in [-0.39, 0.29) is 23.8 Å². The summed E-state index contributed by atoms with van der Waals surface area (Å²) in [5.74, 6) is 1.68. The Morgan fingerprint density at radius 1 is 1.10 bits per heavy atom. The molecule has 2 amide bonds. The summed E-state index contributed by atoms with van der Waals surface area (Å²) >= 11 is 3.50. The van der Waals surface area contributed by atoms with Crippen molar-refractivity contribution in [1.29, 1.82) is 0 Å². The zero-order valence-electron chi connectivity index (χ0n) is 17.4. The molecule has 164 valence electrons. The molecule has 0 saturated carbocycles. The molecular formula is C24H27BrN2O4. The van der Waals surface area contributed by atoms with Crippen LogP contribution in [0.1, 0.15) is 37.3 Å². The van der Waals surface area contributed by atoms with Crippen molar-refractivity contribution in [2.75, 3.05) is 26.3 Å². The van der Waals surface area contributed by atoms with E-state index in [0.29, 0.717) is 45.6 Å². The van der Waals surface area contributed by atoms with E-state index in [2.05, 4.69) is 21.2 Å². The maximum atomic E-state index is 12.9. The van der Waals surface area contributed by atoms with Crippen LogP contribution in [0, 0.1) is 5.92 Å². The van der Waals surface area contributed by atoms with E-state index in [1.54, 1.807) is 0 Å². The highest BCUT2D eigenvalue weighted by atomic mass is 79.9. The van der Waals surface area contributed by atoms with Gasteiger partial charge in [-0.1, -0.05) is 34.1 Å². The average molecular weight is 487 g/mol. The summed E-state index contributed by atoms with van der Waals surface area (Å²) in [7, 11) is 0. The van der Waals surface area contributed by atoms with Crippen LogP contribution in [0.4, 0.5) is 0 Å². The summed E-state index contributed by atoms with van der Waals surface area (Å²) in [6.07, 6.45) is 2.48. The second-order valence-corrected chi connectivity index (χ2v) is 8.86. The number of carbonyl (C=O) groups excluding carboxylic acids is 2. The Morgan fingerprint density at radius 3 is 2.65 bits per heavy atom. The first-order chi connectivity index (χ1) is 15.1. The fourth-order valence-electron chi connectivity index (χ4n) is 4.13. The van der Waals surface area contributed by atoms with Gasteiger partial charge in [0.15, 0.2) is 0 Å². The highest BCUT2D eigenvalue weighted by Crippen LogP contribution is 2.34. The number of nitrogens with zero attached hydrogens (tertiary/aromatic N) is 1. The number of benzene rings is 2. The minimum Gasteiger partial charge on any atom is -0.493 e. The average Bonchev–Trinajstić information content (AvgIpc) is 2.80. The number of halogens is 1. The molecule has 2 aliphatic rings. The van der Waals surface area contributed by atoms with Gasteiger partial charge in [0.1, 0.15) is 11.5 Å². The predicted octanol–water partition coefficient (Wildman–Crippen LogP) is 4.10. The zero-order valence-corrected chi connectivity index (χ0v) is 19.0. The highest BCUT2D eigenvalue weighted by molar-refractivity contribution is 9.10. The number of likely N-dealkylation sites (tertiary alicyclic amines) is 1. The number of fused-ring (bicyclic) bond motifs is 1. The second-order valence-electron chi connectivity index (χ2n) is 7.95. The SMILES string of the molecule is O=C(NC1CCOc2ccc(Br)cc21)C1CCN(C(=O)CCOc2ccccc2)CC1. The van der Waals surface area contributed by atoms with Gasteiger partial charge in [-0.2, -0.15) is 0 Å². The largest absolute Gasteiger partial charge is 0.493 e. The van der Waals surface area contributed by atoms with Gasteiger partial charge in [-0.15, -0.1) is 0 Å². The van der Waals surface area contributed by atoms with E-state index in [0.717, 1.165) is 28.0 Å². The maximum absolute atomic E-state index is 12.9. The molecule has 4 rings (SSSR count). The van der Waals surface area contributed by atoms with E-state index >= 15 is 0 Å². The lowest BCUT2D eigenvalue weighted by atomic mass is 9.94. The molecule has 1 fully saturated rings. The smallest absolute Gasteiger partial charge is 0.225 e. The van der Waals surface area contributed by atoms with Crippen LogP contribution in [-0.4, -0.2) is 43.0 Å². The number of hydrogen-bond donors (Lipinski definition) is 1. The van der Waals surface area contributed by atoms with Crippen molar-refractivity contribution in [3.63, 3.8) is 0 Å². The van der Waals surface area contributed by atoms with E-state index in [9.17, 15) is 9.59 Å². The maximum Gasteiger partial charge on any atom is 0.225 e. The molecule has 1 atom stereocenters. The van der Waals surface area contributed by atoms with E-state index < -0.39 is 0 Å². The van der Waals surface area contributed by atoms with Crippen LogP contribution in [0.2, 0.25) is 0 Å². The van der Waals surface area contributed by atoms with Gasteiger partial charge in [0.2, 0.25) is 11.8 Å². The molecule has 0 spiro atoms. The lowest BCUT2D eigenvalue weighted by Crippen LogP contribution is -2.44. The van der Waals surface area contributed by atoms with Crippen LogP contribution in [-0.2, 0) is 9.59 Å². The molecule has 0 aliphatic carbocycles. The van der Waals surface area contributed by atoms with Gasteiger partial charge in [-0.05, 0) is 43.2 Å². The van der Waals surface area contributed by atoms with E-state index in [4.69, 9.17) is 9.47 Å². The number of amides is 2. The topological polar surface area (TPSA) is 67.9 Å². The molecule has 1 unspecified atom stereocenters. The Hall–Kier alpha value is -2.54. The Kier molecular flexibility index (Phi) is 7.12. The Labute approximate surface area is 191 Å². The molecular weight excluding hydrogens is 460 g/mol. The lowest BCUT2D eigenvalue weighted by molar-refractivity contribution is -0.136. The third-order valence-electron chi connectivity index (χ3n) is 5.87. The first-order valence-electron chi connectivity index (χ1n) is 10.8. The fourth-order valence-corrected chi connectivity index (χ4v) is 4.51. The first-order valence-corrected chi connectivity index (χ1v) is 11.6. The number of rotatable bonds is 6. The van der Waals surface area contributed by atoms with E-state index in [1.165, 1.54) is 0 Å². The quantitative estimate of drug-likeness (QED) is 0.667. The van der Waals surface area contributed by atoms with Gasteiger partial charge in [0, 0.05) is 35.5 Å². The molecule has 7 heteroatoms. The zero-order chi connectivity index (χ0) is 21.6. The summed E-state index contributed by atoms with van der Waals surface area (Å²) in [6.45, 7) is 2.18. The highest BCUT2D eigenvalue weighted by Gasteiger charge is 2.30. The molecule has 0 bridgehead atoms. The molecule has 2 aromatic carbocycles. The minimum atomic E-state index is -0.0666. The number of carbonyl (C=O) groups is 2. The van der Waals surface area contributed by atoms with Gasteiger partial charge in [0.25, 0.3) is 0 Å². The van der Waals surface area contributed by atoms with Crippen molar-refractivity contribution in [2.45, 2.75) is 31.7 Å². The molecule has 1 saturated heterocycles. The third kappa shape index (κ3) is 5.58. The minimum absolute atomic E-state index is 0.0384. The van der Waals surface area contributed by atoms with Gasteiger partial charge < -0.3 is 19.7 Å². The number of para-hydroxylation sites is 1. The molecule has 2 aromatic rings. The summed E-state index contributed by atoms with van der Waals surface area (Å²) in [5, 5.41) is 3.21. The van der Waals surface area contributed by atoms with Gasteiger partial charge in [-0.3, -0.25) is 9.59 Å². The van der Waals surface area contributed by atoms with Crippen LogP contribution in [0.15, 0.2) is 53.0 Å². The van der Waals surface area contributed by atoms with Crippen LogP contribution in [0.5, 0.6) is 11.5 Å². The van der Waals surface area contributed by atoms with Crippen molar-refractivity contribution in [3.05, 3.63) is 58.6 Å². The molecule has 2 aliphatic heterocycles. The molecule has 0 radical (unpaired) electrons. The van der Waals surface area contributed by atoms with Gasteiger partial charge >= 0.3 is 0 Å². The normalized spacial score (nSPS) is 18.6. The Balaban J connectivity index is 1.23. The Morgan fingerprint density at radius 2 is 1.87 bits per heavy atom. The molecule has 0 aromatic heterocycles.